The van der Waals surface area contributed by atoms with Crippen molar-refractivity contribution in [2.75, 3.05) is 33.4 Å². The lowest BCUT2D eigenvalue weighted by molar-refractivity contribution is -0.196. The second-order valence-corrected chi connectivity index (χ2v) is 5.77. The molecule has 21 heavy (non-hydrogen) atoms. The van der Waals surface area contributed by atoms with Gasteiger partial charge in [0.25, 0.3) is 0 Å². The van der Waals surface area contributed by atoms with Crippen LogP contribution in [0.5, 0.6) is 5.75 Å². The first-order valence-corrected chi connectivity index (χ1v) is 7.60. The fourth-order valence-corrected chi connectivity index (χ4v) is 3.25. The van der Waals surface area contributed by atoms with Crippen molar-refractivity contribution in [2.24, 2.45) is 5.73 Å². The standard InChI is InChI=1S/C16H24N2O3/c1-19-15-4-2-13(3-5-15)12-18-7-6-16(10-14(18)11-17)20-8-9-21-16/h2-5,14H,6-12,17H2,1H3. The Bertz CT molecular complexity index is 457. The van der Waals surface area contributed by atoms with Gasteiger partial charge in [0, 0.05) is 38.5 Å². The lowest BCUT2D eigenvalue weighted by atomic mass is 9.95. The van der Waals surface area contributed by atoms with Crippen LogP contribution >= 0.6 is 0 Å². The molecule has 3 rings (SSSR count). The first-order chi connectivity index (χ1) is 10.2. The van der Waals surface area contributed by atoms with Crippen LogP contribution in [0.2, 0.25) is 0 Å². The number of hydrogen-bond acceptors (Lipinski definition) is 5. The quantitative estimate of drug-likeness (QED) is 0.908. The summed E-state index contributed by atoms with van der Waals surface area (Å²) in [6.45, 7) is 3.89. The Labute approximate surface area is 126 Å². The fraction of sp³-hybridized carbons (Fsp3) is 0.625. The predicted octanol–water partition coefficient (Wildman–Crippen LogP) is 1.36. The minimum atomic E-state index is -0.375. The molecule has 2 saturated heterocycles. The lowest BCUT2D eigenvalue weighted by Crippen LogP contribution is -2.53. The van der Waals surface area contributed by atoms with E-state index in [9.17, 15) is 0 Å². The molecule has 1 aromatic carbocycles. The number of methoxy groups -OCH3 is 1. The van der Waals surface area contributed by atoms with E-state index in [1.165, 1.54) is 5.56 Å². The molecule has 1 spiro atoms. The number of benzene rings is 1. The van der Waals surface area contributed by atoms with Crippen LogP contribution in [0.25, 0.3) is 0 Å². The molecule has 2 heterocycles. The first-order valence-electron chi connectivity index (χ1n) is 7.60. The van der Waals surface area contributed by atoms with Crippen LogP contribution in [0.15, 0.2) is 24.3 Å². The van der Waals surface area contributed by atoms with Crippen molar-refractivity contribution in [3.63, 3.8) is 0 Å². The van der Waals surface area contributed by atoms with Crippen LogP contribution in [0, 0.1) is 0 Å². The van der Waals surface area contributed by atoms with E-state index in [-0.39, 0.29) is 5.79 Å². The van der Waals surface area contributed by atoms with Crippen LogP contribution in [0.1, 0.15) is 18.4 Å². The summed E-state index contributed by atoms with van der Waals surface area (Å²) < 4.78 is 16.8. The number of rotatable bonds is 4. The molecule has 0 aliphatic carbocycles. The van der Waals surface area contributed by atoms with Crippen molar-refractivity contribution in [1.29, 1.82) is 0 Å². The molecule has 116 valence electrons. The lowest BCUT2D eigenvalue weighted by Gasteiger charge is -2.43. The largest absolute Gasteiger partial charge is 0.497 e. The van der Waals surface area contributed by atoms with Gasteiger partial charge >= 0.3 is 0 Å². The molecule has 2 aliphatic heterocycles. The van der Waals surface area contributed by atoms with E-state index < -0.39 is 0 Å². The van der Waals surface area contributed by atoms with Crippen molar-refractivity contribution in [3.05, 3.63) is 29.8 Å². The van der Waals surface area contributed by atoms with Gasteiger partial charge in [-0.3, -0.25) is 4.90 Å². The van der Waals surface area contributed by atoms with Crippen LogP contribution in [-0.2, 0) is 16.0 Å². The monoisotopic (exact) mass is 292 g/mol. The minimum Gasteiger partial charge on any atom is -0.497 e. The molecule has 1 atom stereocenters. The summed E-state index contributed by atoms with van der Waals surface area (Å²) in [7, 11) is 1.69. The van der Waals surface area contributed by atoms with E-state index >= 15 is 0 Å². The Hall–Kier alpha value is -1.14. The average Bonchev–Trinajstić information content (AvgIpc) is 2.98. The summed E-state index contributed by atoms with van der Waals surface area (Å²) in [5.74, 6) is 0.514. The highest BCUT2D eigenvalue weighted by atomic mass is 16.7. The molecule has 2 aliphatic rings. The molecule has 1 aromatic rings. The summed E-state index contributed by atoms with van der Waals surface area (Å²) in [5.41, 5.74) is 7.25. The van der Waals surface area contributed by atoms with Crippen molar-refractivity contribution < 1.29 is 14.2 Å². The molecule has 0 radical (unpaired) electrons. The van der Waals surface area contributed by atoms with Crippen LogP contribution in [0.3, 0.4) is 0 Å². The van der Waals surface area contributed by atoms with Crippen LogP contribution in [0.4, 0.5) is 0 Å². The first kappa shape index (κ1) is 14.8. The number of likely N-dealkylation sites (tertiary alicyclic amines) is 1. The molecule has 5 nitrogen and oxygen atoms in total. The Morgan fingerprint density at radius 2 is 2.00 bits per heavy atom. The second kappa shape index (κ2) is 6.32. The zero-order valence-electron chi connectivity index (χ0n) is 12.6. The maximum atomic E-state index is 5.97. The van der Waals surface area contributed by atoms with E-state index in [4.69, 9.17) is 19.9 Å². The van der Waals surface area contributed by atoms with Gasteiger partial charge in [0.05, 0.1) is 20.3 Å². The van der Waals surface area contributed by atoms with Crippen molar-refractivity contribution in [2.45, 2.75) is 31.2 Å². The molecule has 0 aromatic heterocycles. The molecule has 0 saturated carbocycles. The smallest absolute Gasteiger partial charge is 0.171 e. The second-order valence-electron chi connectivity index (χ2n) is 5.77. The number of hydrogen-bond donors (Lipinski definition) is 1. The van der Waals surface area contributed by atoms with E-state index in [0.717, 1.165) is 31.7 Å². The summed E-state index contributed by atoms with van der Waals surface area (Å²) in [5, 5.41) is 0. The fourth-order valence-electron chi connectivity index (χ4n) is 3.25. The van der Waals surface area contributed by atoms with E-state index in [1.54, 1.807) is 7.11 Å². The maximum Gasteiger partial charge on any atom is 0.171 e. The van der Waals surface area contributed by atoms with Gasteiger partial charge in [-0.15, -0.1) is 0 Å². The number of ether oxygens (including phenoxy) is 3. The third kappa shape index (κ3) is 3.21. The Morgan fingerprint density at radius 1 is 1.29 bits per heavy atom. The SMILES string of the molecule is COc1ccc(CN2CCC3(CC2CN)OCCO3)cc1. The Balaban J connectivity index is 1.64. The minimum absolute atomic E-state index is 0.305. The highest BCUT2D eigenvalue weighted by Crippen LogP contribution is 2.34. The number of nitrogens with two attached hydrogens (primary N) is 1. The molecule has 5 heteroatoms. The topological polar surface area (TPSA) is 57.0 Å². The molecule has 0 amide bonds. The van der Waals surface area contributed by atoms with Crippen molar-refractivity contribution in [1.82, 2.24) is 4.90 Å². The van der Waals surface area contributed by atoms with Gasteiger partial charge in [-0.05, 0) is 17.7 Å². The third-order valence-electron chi connectivity index (χ3n) is 4.47. The highest BCUT2D eigenvalue weighted by molar-refractivity contribution is 5.27. The zero-order valence-corrected chi connectivity index (χ0v) is 12.6. The summed E-state index contributed by atoms with van der Waals surface area (Å²) in [6, 6.07) is 8.53. The predicted molar refractivity (Wildman–Crippen MR) is 80.1 cm³/mol. The Morgan fingerprint density at radius 3 is 2.62 bits per heavy atom. The van der Waals surface area contributed by atoms with Gasteiger partial charge in [-0.25, -0.2) is 0 Å². The van der Waals surface area contributed by atoms with Gasteiger partial charge in [0.15, 0.2) is 5.79 Å². The molecule has 1 unspecified atom stereocenters. The number of nitrogens with zero attached hydrogens (tertiary/aromatic N) is 1. The van der Waals surface area contributed by atoms with Crippen LogP contribution < -0.4 is 10.5 Å². The van der Waals surface area contributed by atoms with E-state index in [0.29, 0.717) is 25.8 Å². The number of piperidine rings is 1. The molecule has 2 fully saturated rings. The van der Waals surface area contributed by atoms with Gasteiger partial charge in [0.1, 0.15) is 5.75 Å². The van der Waals surface area contributed by atoms with E-state index in [2.05, 4.69) is 17.0 Å². The third-order valence-corrected chi connectivity index (χ3v) is 4.47. The normalized spacial score (nSPS) is 25.3. The molecular weight excluding hydrogens is 268 g/mol. The Kier molecular flexibility index (Phi) is 4.45. The van der Waals surface area contributed by atoms with Crippen molar-refractivity contribution >= 4 is 0 Å². The van der Waals surface area contributed by atoms with Gasteiger partial charge in [-0.1, -0.05) is 12.1 Å². The summed E-state index contributed by atoms with van der Waals surface area (Å²) in [4.78, 5) is 2.43. The van der Waals surface area contributed by atoms with E-state index in [1.807, 2.05) is 12.1 Å². The molecule has 0 bridgehead atoms. The molecular formula is C16H24N2O3. The van der Waals surface area contributed by atoms with Crippen molar-refractivity contribution in [3.8, 4) is 5.75 Å². The van der Waals surface area contributed by atoms with Crippen LogP contribution in [-0.4, -0.2) is 50.1 Å². The zero-order chi connectivity index (χ0) is 14.7. The average molecular weight is 292 g/mol. The molecule has 2 N–H and O–H groups in total. The summed E-state index contributed by atoms with van der Waals surface area (Å²) >= 11 is 0. The maximum absolute atomic E-state index is 5.97. The van der Waals surface area contributed by atoms with Gasteiger partial charge in [0.2, 0.25) is 0 Å². The summed E-state index contributed by atoms with van der Waals surface area (Å²) in [6.07, 6.45) is 1.78. The van der Waals surface area contributed by atoms with Gasteiger partial charge in [-0.2, -0.15) is 0 Å². The highest BCUT2D eigenvalue weighted by Gasteiger charge is 2.43. The van der Waals surface area contributed by atoms with Gasteiger partial charge < -0.3 is 19.9 Å².